The highest BCUT2D eigenvalue weighted by Gasteiger charge is 2.10. The molecule has 0 spiro atoms. The van der Waals surface area contributed by atoms with Gasteiger partial charge in [-0.1, -0.05) is 18.2 Å². The monoisotopic (exact) mass is 324 g/mol. The van der Waals surface area contributed by atoms with Gasteiger partial charge in [0, 0.05) is 17.8 Å². The molecule has 2 aromatic carbocycles. The molecule has 0 atom stereocenters. The fourth-order valence-corrected chi connectivity index (χ4v) is 1.97. The van der Waals surface area contributed by atoms with E-state index in [4.69, 9.17) is 0 Å². The molecule has 2 rings (SSSR count). The standard InChI is InChI=1S/C16H15F3N2O2/c1-10-8-12(17)6-7-13(10)21-16(22)20-9-11-4-2-3-5-14(11)23-15(18)19/h2-8,15H,9H2,1H3,(H2,20,21,22). The van der Waals surface area contributed by atoms with Crippen molar-refractivity contribution in [1.82, 2.24) is 5.32 Å². The average Bonchev–Trinajstić information content (AvgIpc) is 2.49. The number of alkyl halides is 2. The number of urea groups is 1. The third-order valence-electron chi connectivity index (χ3n) is 3.06. The zero-order valence-corrected chi connectivity index (χ0v) is 12.3. The Balaban J connectivity index is 1.97. The molecule has 0 aliphatic rings. The van der Waals surface area contributed by atoms with Gasteiger partial charge in [0.1, 0.15) is 11.6 Å². The molecule has 2 N–H and O–H groups in total. The molecule has 4 nitrogen and oxygen atoms in total. The summed E-state index contributed by atoms with van der Waals surface area (Å²) in [7, 11) is 0. The van der Waals surface area contributed by atoms with E-state index in [0.29, 0.717) is 16.8 Å². The second kappa shape index (κ2) is 7.53. The summed E-state index contributed by atoms with van der Waals surface area (Å²) in [5, 5.41) is 5.10. The van der Waals surface area contributed by atoms with Crippen LogP contribution in [0.5, 0.6) is 5.75 Å². The van der Waals surface area contributed by atoms with Gasteiger partial charge >= 0.3 is 12.6 Å². The first-order chi connectivity index (χ1) is 11.0. The number of nitrogens with one attached hydrogen (secondary N) is 2. The zero-order valence-electron chi connectivity index (χ0n) is 12.3. The summed E-state index contributed by atoms with van der Waals surface area (Å²) in [6, 6.07) is 9.60. The number of amides is 2. The minimum absolute atomic E-state index is 0.000706. The van der Waals surface area contributed by atoms with Crippen molar-refractivity contribution >= 4 is 11.7 Å². The third kappa shape index (κ3) is 4.91. The highest BCUT2D eigenvalue weighted by atomic mass is 19.3. The smallest absolute Gasteiger partial charge is 0.387 e. The quantitative estimate of drug-likeness (QED) is 0.871. The minimum Gasteiger partial charge on any atom is -0.434 e. The van der Waals surface area contributed by atoms with Crippen molar-refractivity contribution in [2.45, 2.75) is 20.1 Å². The van der Waals surface area contributed by atoms with Crippen LogP contribution in [-0.4, -0.2) is 12.6 Å². The molecule has 0 radical (unpaired) electrons. The number of rotatable bonds is 5. The molecular formula is C16H15F3N2O2. The molecule has 0 heterocycles. The summed E-state index contributed by atoms with van der Waals surface area (Å²) in [6.07, 6.45) is 0. The molecular weight excluding hydrogens is 309 g/mol. The lowest BCUT2D eigenvalue weighted by molar-refractivity contribution is -0.0504. The van der Waals surface area contributed by atoms with E-state index in [1.165, 1.54) is 24.3 Å². The van der Waals surface area contributed by atoms with Crippen LogP contribution >= 0.6 is 0 Å². The van der Waals surface area contributed by atoms with Gasteiger partial charge < -0.3 is 15.4 Å². The number of hydrogen-bond acceptors (Lipinski definition) is 2. The Labute approximate surface area is 131 Å². The highest BCUT2D eigenvalue weighted by molar-refractivity contribution is 5.90. The van der Waals surface area contributed by atoms with Crippen molar-refractivity contribution in [2.75, 3.05) is 5.32 Å². The van der Waals surface area contributed by atoms with Crippen LogP contribution in [-0.2, 0) is 6.54 Å². The van der Waals surface area contributed by atoms with E-state index in [-0.39, 0.29) is 12.3 Å². The summed E-state index contributed by atoms with van der Waals surface area (Å²) in [5.74, 6) is -0.396. The lowest BCUT2D eigenvalue weighted by Crippen LogP contribution is -2.28. The van der Waals surface area contributed by atoms with Crippen LogP contribution in [0.3, 0.4) is 0 Å². The van der Waals surface area contributed by atoms with Crippen molar-refractivity contribution < 1.29 is 22.7 Å². The molecule has 0 aliphatic carbocycles. The molecule has 0 aromatic heterocycles. The zero-order chi connectivity index (χ0) is 16.8. The van der Waals surface area contributed by atoms with Gasteiger partial charge in [-0.2, -0.15) is 8.78 Å². The normalized spacial score (nSPS) is 10.5. The van der Waals surface area contributed by atoms with Gasteiger partial charge in [-0.25, -0.2) is 9.18 Å². The molecule has 23 heavy (non-hydrogen) atoms. The van der Waals surface area contributed by atoms with E-state index in [1.807, 2.05) is 0 Å². The Morgan fingerprint density at radius 1 is 1.22 bits per heavy atom. The molecule has 0 saturated heterocycles. The number of carbonyl (C=O) groups is 1. The summed E-state index contributed by atoms with van der Waals surface area (Å²) in [6.45, 7) is -1.27. The lowest BCUT2D eigenvalue weighted by Gasteiger charge is -2.13. The van der Waals surface area contributed by atoms with Crippen molar-refractivity contribution in [3.8, 4) is 5.75 Å². The fraction of sp³-hybridized carbons (Fsp3) is 0.188. The number of para-hydroxylation sites is 1. The second-order valence-electron chi connectivity index (χ2n) is 4.75. The number of carbonyl (C=O) groups excluding carboxylic acids is 1. The first-order valence-electron chi connectivity index (χ1n) is 6.79. The molecule has 122 valence electrons. The van der Waals surface area contributed by atoms with Crippen LogP contribution in [0.4, 0.5) is 23.7 Å². The molecule has 0 aliphatic heterocycles. The van der Waals surface area contributed by atoms with Crippen molar-refractivity contribution in [3.05, 3.63) is 59.4 Å². The highest BCUT2D eigenvalue weighted by Crippen LogP contribution is 2.20. The summed E-state index contributed by atoms with van der Waals surface area (Å²) < 4.78 is 42.0. The second-order valence-corrected chi connectivity index (χ2v) is 4.75. The van der Waals surface area contributed by atoms with Crippen LogP contribution in [0.2, 0.25) is 0 Å². The van der Waals surface area contributed by atoms with E-state index < -0.39 is 18.5 Å². The van der Waals surface area contributed by atoms with E-state index in [2.05, 4.69) is 15.4 Å². The van der Waals surface area contributed by atoms with Gasteiger partial charge in [0.15, 0.2) is 0 Å². The van der Waals surface area contributed by atoms with Gasteiger partial charge in [-0.15, -0.1) is 0 Å². The number of halogens is 3. The Morgan fingerprint density at radius 3 is 2.65 bits per heavy atom. The van der Waals surface area contributed by atoms with Crippen LogP contribution in [0.15, 0.2) is 42.5 Å². The van der Waals surface area contributed by atoms with Crippen LogP contribution in [0.1, 0.15) is 11.1 Å². The third-order valence-corrected chi connectivity index (χ3v) is 3.06. The van der Waals surface area contributed by atoms with E-state index >= 15 is 0 Å². The van der Waals surface area contributed by atoms with Crippen LogP contribution in [0.25, 0.3) is 0 Å². The molecule has 2 amide bonds. The summed E-state index contributed by atoms with van der Waals surface area (Å²) in [5.41, 5.74) is 1.45. The average molecular weight is 324 g/mol. The Morgan fingerprint density at radius 2 is 1.96 bits per heavy atom. The largest absolute Gasteiger partial charge is 0.434 e. The fourth-order valence-electron chi connectivity index (χ4n) is 1.97. The van der Waals surface area contributed by atoms with Crippen LogP contribution < -0.4 is 15.4 Å². The topological polar surface area (TPSA) is 50.4 Å². The Hall–Kier alpha value is -2.70. The Bertz CT molecular complexity index is 693. The van der Waals surface area contributed by atoms with Crippen molar-refractivity contribution in [1.29, 1.82) is 0 Å². The van der Waals surface area contributed by atoms with Gasteiger partial charge in [-0.3, -0.25) is 0 Å². The molecule has 0 fully saturated rings. The predicted octanol–water partition coefficient (Wildman–Crippen LogP) is 4.06. The molecule has 0 saturated carbocycles. The minimum atomic E-state index is -2.94. The van der Waals surface area contributed by atoms with Crippen molar-refractivity contribution in [2.24, 2.45) is 0 Å². The molecule has 2 aromatic rings. The maximum absolute atomic E-state index is 13.0. The lowest BCUT2D eigenvalue weighted by atomic mass is 10.2. The SMILES string of the molecule is Cc1cc(F)ccc1NC(=O)NCc1ccccc1OC(F)F. The van der Waals surface area contributed by atoms with Crippen molar-refractivity contribution in [3.63, 3.8) is 0 Å². The number of aryl methyl sites for hydroxylation is 1. The first kappa shape index (κ1) is 16.7. The van der Waals surface area contributed by atoms with E-state index in [0.717, 1.165) is 0 Å². The molecule has 7 heteroatoms. The van der Waals surface area contributed by atoms with Crippen LogP contribution in [0, 0.1) is 12.7 Å². The Kier molecular flexibility index (Phi) is 5.46. The number of ether oxygens (including phenoxy) is 1. The summed E-state index contributed by atoms with van der Waals surface area (Å²) in [4.78, 5) is 11.9. The number of benzene rings is 2. The number of hydrogen-bond donors (Lipinski definition) is 2. The van der Waals surface area contributed by atoms with E-state index in [9.17, 15) is 18.0 Å². The summed E-state index contributed by atoms with van der Waals surface area (Å²) >= 11 is 0. The molecule has 0 bridgehead atoms. The van der Waals surface area contributed by atoms with Gasteiger partial charge in [0.2, 0.25) is 0 Å². The van der Waals surface area contributed by atoms with Gasteiger partial charge in [-0.05, 0) is 36.8 Å². The number of anilines is 1. The predicted molar refractivity (Wildman–Crippen MR) is 80.1 cm³/mol. The maximum Gasteiger partial charge on any atom is 0.387 e. The van der Waals surface area contributed by atoms with Gasteiger partial charge in [0.25, 0.3) is 0 Å². The molecule has 0 unspecified atom stereocenters. The van der Waals surface area contributed by atoms with Gasteiger partial charge in [0.05, 0.1) is 0 Å². The van der Waals surface area contributed by atoms with E-state index in [1.54, 1.807) is 25.1 Å². The first-order valence-corrected chi connectivity index (χ1v) is 6.79. The maximum atomic E-state index is 13.0.